The van der Waals surface area contributed by atoms with Crippen LogP contribution in [0.1, 0.15) is 22.5 Å². The second-order valence-electron chi connectivity index (χ2n) is 3.89. The number of hydrogen-bond acceptors (Lipinski definition) is 3. The number of aliphatic hydroxyl groups excluding tert-OH is 1. The lowest BCUT2D eigenvalue weighted by atomic mass is 10.1. The second-order valence-corrected chi connectivity index (χ2v) is 4.33. The van der Waals surface area contributed by atoms with Gasteiger partial charge in [0.2, 0.25) is 0 Å². The average molecular weight is 290 g/mol. The summed E-state index contributed by atoms with van der Waals surface area (Å²) in [5.74, 6) is 5.36. The average Bonchev–Trinajstić information content (AvgIpc) is 2.95. The van der Waals surface area contributed by atoms with Crippen LogP contribution in [0, 0.1) is 11.8 Å². The molecule has 0 unspecified atom stereocenters. The van der Waals surface area contributed by atoms with Crippen LogP contribution in [0.15, 0.2) is 30.5 Å². The fourth-order valence-corrected chi connectivity index (χ4v) is 1.69. The maximum atomic E-state index is 12.0. The number of hydrogen-bond donors (Lipinski definition) is 3. The molecular weight excluding hydrogens is 278 g/mol. The van der Waals surface area contributed by atoms with Gasteiger partial charge >= 0.3 is 0 Å². The van der Waals surface area contributed by atoms with Crippen molar-refractivity contribution in [2.45, 2.75) is 6.42 Å². The maximum absolute atomic E-state index is 12.0. The zero-order valence-electron chi connectivity index (χ0n) is 10.5. The zero-order valence-corrected chi connectivity index (χ0v) is 11.2. The number of H-pyrrole nitrogens is 1. The SMILES string of the molecule is O=C(Nc1cc(Cl)ccc1C#CCCO)c1ccn[nH]1. The smallest absolute Gasteiger partial charge is 0.273 e. The van der Waals surface area contributed by atoms with E-state index in [4.69, 9.17) is 16.7 Å². The molecule has 1 aromatic carbocycles. The van der Waals surface area contributed by atoms with Gasteiger partial charge in [-0.25, -0.2) is 0 Å². The molecule has 5 nitrogen and oxygen atoms in total. The predicted molar refractivity (Wildman–Crippen MR) is 76.6 cm³/mol. The number of nitrogens with zero attached hydrogens (tertiary/aromatic N) is 1. The minimum atomic E-state index is -0.324. The highest BCUT2D eigenvalue weighted by molar-refractivity contribution is 6.31. The molecule has 1 heterocycles. The van der Waals surface area contributed by atoms with Crippen molar-refractivity contribution < 1.29 is 9.90 Å². The quantitative estimate of drug-likeness (QED) is 0.757. The molecule has 3 N–H and O–H groups in total. The Labute approximate surface area is 121 Å². The summed E-state index contributed by atoms with van der Waals surface area (Å²) in [6.07, 6.45) is 1.87. The first kappa shape index (κ1) is 14.1. The monoisotopic (exact) mass is 289 g/mol. The number of nitrogens with one attached hydrogen (secondary N) is 2. The number of aliphatic hydroxyl groups is 1. The van der Waals surface area contributed by atoms with Crippen molar-refractivity contribution in [3.63, 3.8) is 0 Å². The van der Waals surface area contributed by atoms with E-state index in [1.165, 1.54) is 6.20 Å². The van der Waals surface area contributed by atoms with Crippen molar-refractivity contribution in [1.82, 2.24) is 10.2 Å². The first-order valence-electron chi connectivity index (χ1n) is 5.90. The van der Waals surface area contributed by atoms with Crippen LogP contribution in [0.4, 0.5) is 5.69 Å². The van der Waals surface area contributed by atoms with Gasteiger partial charge in [-0.3, -0.25) is 9.89 Å². The number of benzene rings is 1. The molecule has 0 saturated carbocycles. The van der Waals surface area contributed by atoms with E-state index in [9.17, 15) is 4.79 Å². The molecular formula is C14H12ClN3O2. The fourth-order valence-electron chi connectivity index (χ4n) is 1.51. The first-order chi connectivity index (χ1) is 9.70. The van der Waals surface area contributed by atoms with Gasteiger partial charge in [0.1, 0.15) is 5.69 Å². The van der Waals surface area contributed by atoms with Gasteiger partial charge < -0.3 is 10.4 Å². The first-order valence-corrected chi connectivity index (χ1v) is 6.28. The van der Waals surface area contributed by atoms with E-state index in [0.29, 0.717) is 28.4 Å². The molecule has 0 aliphatic rings. The van der Waals surface area contributed by atoms with Gasteiger partial charge in [0.05, 0.1) is 12.3 Å². The Morgan fingerprint density at radius 1 is 1.45 bits per heavy atom. The molecule has 0 spiro atoms. The highest BCUT2D eigenvalue weighted by atomic mass is 35.5. The van der Waals surface area contributed by atoms with E-state index in [1.54, 1.807) is 24.3 Å². The summed E-state index contributed by atoms with van der Waals surface area (Å²) in [4.78, 5) is 12.0. The van der Waals surface area contributed by atoms with E-state index in [2.05, 4.69) is 27.4 Å². The molecule has 0 fully saturated rings. The summed E-state index contributed by atoms with van der Waals surface area (Å²) >= 11 is 5.93. The molecule has 0 atom stereocenters. The molecule has 2 aromatic rings. The minimum absolute atomic E-state index is 0.00354. The number of aromatic nitrogens is 2. The summed E-state index contributed by atoms with van der Waals surface area (Å²) in [7, 11) is 0. The largest absolute Gasteiger partial charge is 0.395 e. The van der Waals surface area contributed by atoms with Gasteiger partial charge in [-0.05, 0) is 24.3 Å². The van der Waals surface area contributed by atoms with Crippen LogP contribution < -0.4 is 5.32 Å². The third-order valence-electron chi connectivity index (χ3n) is 2.44. The topological polar surface area (TPSA) is 78.0 Å². The van der Waals surface area contributed by atoms with Crippen molar-refractivity contribution in [2.24, 2.45) is 0 Å². The normalized spacial score (nSPS) is 9.70. The molecule has 0 aliphatic heterocycles. The third-order valence-corrected chi connectivity index (χ3v) is 2.67. The Morgan fingerprint density at radius 2 is 2.30 bits per heavy atom. The lowest BCUT2D eigenvalue weighted by Crippen LogP contribution is -2.13. The maximum Gasteiger partial charge on any atom is 0.273 e. The van der Waals surface area contributed by atoms with E-state index >= 15 is 0 Å². The lowest BCUT2D eigenvalue weighted by Gasteiger charge is -2.07. The third kappa shape index (κ3) is 3.60. The lowest BCUT2D eigenvalue weighted by molar-refractivity contribution is 0.102. The number of amides is 1. The Balaban J connectivity index is 2.24. The summed E-state index contributed by atoms with van der Waals surface area (Å²) in [6.45, 7) is -0.00354. The van der Waals surface area contributed by atoms with Crippen molar-refractivity contribution in [3.8, 4) is 11.8 Å². The predicted octanol–water partition coefficient (Wildman–Crippen LogP) is 2.05. The van der Waals surface area contributed by atoms with Crippen LogP contribution in [-0.4, -0.2) is 27.8 Å². The van der Waals surface area contributed by atoms with Crippen LogP contribution >= 0.6 is 11.6 Å². The van der Waals surface area contributed by atoms with Gasteiger partial charge in [-0.2, -0.15) is 5.10 Å². The van der Waals surface area contributed by atoms with Gasteiger partial charge in [0.25, 0.3) is 5.91 Å². The van der Waals surface area contributed by atoms with Gasteiger partial charge in [0.15, 0.2) is 0 Å². The van der Waals surface area contributed by atoms with Crippen molar-refractivity contribution in [3.05, 3.63) is 46.7 Å². The Morgan fingerprint density at radius 3 is 3.00 bits per heavy atom. The standard InChI is InChI=1S/C14H12ClN3O2/c15-11-5-4-10(3-1-2-8-19)13(9-11)17-14(20)12-6-7-16-18-12/h4-7,9,19H,2,8H2,(H,16,18)(H,17,20). The molecule has 0 saturated heterocycles. The molecule has 1 aromatic heterocycles. The van der Waals surface area contributed by atoms with Gasteiger partial charge in [-0.15, -0.1) is 0 Å². The molecule has 0 radical (unpaired) electrons. The van der Waals surface area contributed by atoms with Crippen molar-refractivity contribution >= 4 is 23.2 Å². The van der Waals surface area contributed by atoms with E-state index in [0.717, 1.165) is 0 Å². The van der Waals surface area contributed by atoms with Crippen LogP contribution in [0.25, 0.3) is 0 Å². The molecule has 2 rings (SSSR count). The Kier molecular flexibility index (Phi) is 4.77. The fraction of sp³-hybridized carbons (Fsp3) is 0.143. The molecule has 102 valence electrons. The Bertz CT molecular complexity index is 657. The van der Waals surface area contributed by atoms with Crippen LogP contribution in [0.5, 0.6) is 0 Å². The molecule has 0 aliphatic carbocycles. The molecule has 20 heavy (non-hydrogen) atoms. The molecule has 1 amide bonds. The van der Waals surface area contributed by atoms with E-state index < -0.39 is 0 Å². The number of aromatic amines is 1. The summed E-state index contributed by atoms with van der Waals surface area (Å²) in [6, 6.07) is 6.60. The molecule has 6 heteroatoms. The summed E-state index contributed by atoms with van der Waals surface area (Å²) < 4.78 is 0. The zero-order chi connectivity index (χ0) is 14.4. The number of carbonyl (C=O) groups excluding carboxylic acids is 1. The second kappa shape index (κ2) is 6.75. The number of rotatable bonds is 3. The van der Waals surface area contributed by atoms with Crippen LogP contribution in [-0.2, 0) is 0 Å². The minimum Gasteiger partial charge on any atom is -0.395 e. The van der Waals surface area contributed by atoms with Crippen molar-refractivity contribution in [1.29, 1.82) is 0 Å². The highest BCUT2D eigenvalue weighted by Gasteiger charge is 2.09. The number of anilines is 1. The number of carbonyl (C=O) groups is 1. The Hall–Kier alpha value is -2.29. The highest BCUT2D eigenvalue weighted by Crippen LogP contribution is 2.21. The number of halogens is 1. The van der Waals surface area contributed by atoms with Crippen molar-refractivity contribution in [2.75, 3.05) is 11.9 Å². The van der Waals surface area contributed by atoms with E-state index in [-0.39, 0.29) is 12.5 Å². The summed E-state index contributed by atoms with van der Waals surface area (Å²) in [5.41, 5.74) is 1.50. The van der Waals surface area contributed by atoms with E-state index in [1.807, 2.05) is 0 Å². The molecule has 0 bridgehead atoms. The van der Waals surface area contributed by atoms with Gasteiger partial charge in [0, 0.05) is 23.2 Å². The summed E-state index contributed by atoms with van der Waals surface area (Å²) in [5, 5.41) is 18.2. The van der Waals surface area contributed by atoms with Crippen LogP contribution in [0.3, 0.4) is 0 Å². The van der Waals surface area contributed by atoms with Gasteiger partial charge in [-0.1, -0.05) is 23.4 Å². The van der Waals surface area contributed by atoms with Crippen LogP contribution in [0.2, 0.25) is 5.02 Å².